The Morgan fingerprint density at radius 1 is 1.14 bits per heavy atom. The lowest BCUT2D eigenvalue weighted by atomic mass is 10.1. The summed E-state index contributed by atoms with van der Waals surface area (Å²) in [6.07, 6.45) is 5.25. The summed E-state index contributed by atoms with van der Waals surface area (Å²) in [5, 5.41) is 1.13. The molecule has 1 unspecified atom stereocenters. The molecule has 0 aliphatic heterocycles. The van der Waals surface area contributed by atoms with Crippen LogP contribution in [-0.4, -0.2) is 24.5 Å². The highest BCUT2D eigenvalue weighted by Crippen LogP contribution is 2.24. The van der Waals surface area contributed by atoms with E-state index in [4.69, 9.17) is 0 Å². The van der Waals surface area contributed by atoms with Crippen LogP contribution >= 0.6 is 15.9 Å². The first-order chi connectivity index (χ1) is 10.7. The maximum Gasteiger partial charge on any atom is 0.197 e. The van der Waals surface area contributed by atoms with E-state index in [0.717, 1.165) is 16.6 Å². The lowest BCUT2D eigenvalue weighted by Gasteiger charge is -2.15. The fraction of sp³-hybridized carbons (Fsp3) is 0.125. The Balaban J connectivity index is 1.84. The van der Waals surface area contributed by atoms with Gasteiger partial charge in [-0.15, -0.1) is 0 Å². The maximum absolute atomic E-state index is 4.49. The molecule has 5 nitrogen and oxygen atoms in total. The lowest BCUT2D eigenvalue weighted by Crippen LogP contribution is -2.06. The topological polar surface area (TPSA) is 56.5 Å². The molecule has 4 rings (SSSR count). The number of aromatic nitrogens is 5. The molecule has 1 atom stereocenters. The summed E-state index contributed by atoms with van der Waals surface area (Å²) in [5.41, 5.74) is 3.60. The van der Waals surface area contributed by atoms with Gasteiger partial charge in [0.05, 0.1) is 24.1 Å². The lowest BCUT2D eigenvalue weighted by molar-refractivity contribution is 0.652. The molecule has 0 spiro atoms. The number of rotatable bonds is 2. The molecule has 0 bridgehead atoms. The first kappa shape index (κ1) is 13.3. The minimum Gasteiger partial charge on any atom is -0.307 e. The summed E-state index contributed by atoms with van der Waals surface area (Å²) in [6.45, 7) is 2.13. The summed E-state index contributed by atoms with van der Waals surface area (Å²) in [7, 11) is 0. The average Bonchev–Trinajstić information content (AvgIpc) is 2.96. The molecule has 108 valence electrons. The smallest absolute Gasteiger partial charge is 0.197 e. The highest BCUT2D eigenvalue weighted by Gasteiger charge is 2.14. The fourth-order valence-electron chi connectivity index (χ4n) is 2.59. The van der Waals surface area contributed by atoms with E-state index in [1.807, 2.05) is 22.9 Å². The van der Waals surface area contributed by atoms with Crippen LogP contribution in [0.5, 0.6) is 0 Å². The van der Waals surface area contributed by atoms with Crippen LogP contribution in [0, 0.1) is 0 Å². The third-order valence-corrected chi connectivity index (χ3v) is 4.16. The van der Waals surface area contributed by atoms with E-state index in [1.54, 1.807) is 12.5 Å². The third-order valence-electron chi connectivity index (χ3n) is 3.78. The molecule has 22 heavy (non-hydrogen) atoms. The van der Waals surface area contributed by atoms with Crippen LogP contribution < -0.4 is 0 Å². The van der Waals surface area contributed by atoms with E-state index in [2.05, 4.69) is 61.0 Å². The summed E-state index contributed by atoms with van der Waals surface area (Å²) in [4.78, 5) is 17.4. The number of pyridine rings is 1. The SMILES string of the molecule is CC(c1ccc2ncccc2c1)n1cnc2ncc(Br)nc21. The summed E-state index contributed by atoms with van der Waals surface area (Å²) in [6, 6.07) is 10.4. The number of benzene rings is 1. The predicted molar refractivity (Wildman–Crippen MR) is 88.6 cm³/mol. The average molecular weight is 354 g/mol. The molecule has 0 N–H and O–H groups in total. The first-order valence-electron chi connectivity index (χ1n) is 6.92. The molecule has 0 saturated heterocycles. The van der Waals surface area contributed by atoms with Crippen molar-refractivity contribution >= 4 is 38.1 Å². The standard InChI is InChI=1S/C16H12BrN5/c1-10(11-4-5-13-12(7-11)3-2-6-18-13)22-9-20-15-16(22)21-14(17)8-19-15/h2-10H,1H3. The number of nitrogens with zero attached hydrogens (tertiary/aromatic N) is 5. The fourth-order valence-corrected chi connectivity index (χ4v) is 2.86. The van der Waals surface area contributed by atoms with Crippen LogP contribution in [0.3, 0.4) is 0 Å². The van der Waals surface area contributed by atoms with Crippen molar-refractivity contribution in [3.63, 3.8) is 0 Å². The zero-order chi connectivity index (χ0) is 15.1. The molecule has 3 aromatic heterocycles. The molecule has 4 aromatic rings. The van der Waals surface area contributed by atoms with Gasteiger partial charge in [-0.25, -0.2) is 15.0 Å². The number of imidazole rings is 1. The van der Waals surface area contributed by atoms with Crippen molar-refractivity contribution in [2.75, 3.05) is 0 Å². The van der Waals surface area contributed by atoms with Crippen LogP contribution in [0.2, 0.25) is 0 Å². The Labute approximate surface area is 135 Å². The highest BCUT2D eigenvalue weighted by atomic mass is 79.9. The second-order valence-electron chi connectivity index (χ2n) is 5.12. The predicted octanol–water partition coefficient (Wildman–Crippen LogP) is 3.75. The van der Waals surface area contributed by atoms with Crippen molar-refractivity contribution in [2.24, 2.45) is 0 Å². The van der Waals surface area contributed by atoms with E-state index < -0.39 is 0 Å². The summed E-state index contributed by atoms with van der Waals surface area (Å²) in [5.74, 6) is 0. The third kappa shape index (κ3) is 2.16. The van der Waals surface area contributed by atoms with Gasteiger partial charge in [-0.3, -0.25) is 4.98 Å². The molecule has 0 fully saturated rings. The van der Waals surface area contributed by atoms with Crippen molar-refractivity contribution in [1.82, 2.24) is 24.5 Å². The minimum absolute atomic E-state index is 0.109. The monoisotopic (exact) mass is 353 g/mol. The number of hydrogen-bond donors (Lipinski definition) is 0. The van der Waals surface area contributed by atoms with E-state index in [1.165, 1.54) is 5.56 Å². The molecule has 0 saturated carbocycles. The second kappa shape index (κ2) is 5.14. The Bertz CT molecular complexity index is 979. The van der Waals surface area contributed by atoms with E-state index in [-0.39, 0.29) is 6.04 Å². The van der Waals surface area contributed by atoms with Crippen molar-refractivity contribution in [3.8, 4) is 0 Å². The largest absolute Gasteiger partial charge is 0.307 e. The van der Waals surface area contributed by atoms with Crippen LogP contribution in [0.25, 0.3) is 22.2 Å². The van der Waals surface area contributed by atoms with Gasteiger partial charge in [0, 0.05) is 11.6 Å². The van der Waals surface area contributed by atoms with Crippen LogP contribution in [0.1, 0.15) is 18.5 Å². The molecule has 0 radical (unpaired) electrons. The van der Waals surface area contributed by atoms with E-state index >= 15 is 0 Å². The Hall–Kier alpha value is -2.34. The Morgan fingerprint density at radius 3 is 2.95 bits per heavy atom. The van der Waals surface area contributed by atoms with Crippen molar-refractivity contribution in [1.29, 1.82) is 0 Å². The Morgan fingerprint density at radius 2 is 2.05 bits per heavy atom. The molecule has 3 heterocycles. The van der Waals surface area contributed by atoms with E-state index in [0.29, 0.717) is 10.3 Å². The van der Waals surface area contributed by atoms with Crippen molar-refractivity contribution in [3.05, 3.63) is 59.2 Å². The highest BCUT2D eigenvalue weighted by molar-refractivity contribution is 9.10. The minimum atomic E-state index is 0.109. The summed E-state index contributed by atoms with van der Waals surface area (Å²) < 4.78 is 2.74. The number of halogens is 1. The number of hydrogen-bond acceptors (Lipinski definition) is 4. The maximum atomic E-state index is 4.49. The van der Waals surface area contributed by atoms with E-state index in [9.17, 15) is 0 Å². The van der Waals surface area contributed by atoms with Gasteiger partial charge in [0.1, 0.15) is 4.60 Å². The van der Waals surface area contributed by atoms with Gasteiger partial charge in [0.15, 0.2) is 11.3 Å². The molecular weight excluding hydrogens is 342 g/mol. The zero-order valence-corrected chi connectivity index (χ0v) is 13.4. The van der Waals surface area contributed by atoms with Crippen molar-refractivity contribution in [2.45, 2.75) is 13.0 Å². The first-order valence-corrected chi connectivity index (χ1v) is 7.71. The zero-order valence-electron chi connectivity index (χ0n) is 11.8. The van der Waals surface area contributed by atoms with Gasteiger partial charge in [-0.05, 0) is 46.6 Å². The van der Waals surface area contributed by atoms with Gasteiger partial charge in [0.25, 0.3) is 0 Å². The molecular formula is C16H12BrN5. The van der Waals surface area contributed by atoms with Gasteiger partial charge in [-0.2, -0.15) is 0 Å². The van der Waals surface area contributed by atoms with Crippen molar-refractivity contribution < 1.29 is 0 Å². The van der Waals surface area contributed by atoms with Gasteiger partial charge >= 0.3 is 0 Å². The van der Waals surface area contributed by atoms with Crippen LogP contribution in [0.4, 0.5) is 0 Å². The second-order valence-corrected chi connectivity index (χ2v) is 5.94. The van der Waals surface area contributed by atoms with Gasteiger partial charge in [0.2, 0.25) is 0 Å². The molecule has 0 aliphatic carbocycles. The molecule has 6 heteroatoms. The molecule has 0 amide bonds. The Kier molecular flexibility index (Phi) is 3.11. The van der Waals surface area contributed by atoms with Crippen LogP contribution in [-0.2, 0) is 0 Å². The normalized spacial score (nSPS) is 12.8. The van der Waals surface area contributed by atoms with Gasteiger partial charge < -0.3 is 4.57 Å². The van der Waals surface area contributed by atoms with Gasteiger partial charge in [-0.1, -0.05) is 12.1 Å². The molecule has 1 aromatic carbocycles. The molecule has 0 aliphatic rings. The quantitative estimate of drug-likeness (QED) is 0.550. The van der Waals surface area contributed by atoms with Crippen LogP contribution in [0.15, 0.2) is 53.7 Å². The summed E-state index contributed by atoms with van der Waals surface area (Å²) >= 11 is 3.37. The number of fused-ring (bicyclic) bond motifs is 2.